The fourth-order valence-corrected chi connectivity index (χ4v) is 2.99. The number of para-hydroxylation sites is 1. The molecule has 0 spiro atoms. The van der Waals surface area contributed by atoms with Crippen molar-refractivity contribution in [1.82, 2.24) is 10.3 Å². The van der Waals surface area contributed by atoms with E-state index in [-0.39, 0.29) is 0 Å². The maximum atomic E-state index is 5.39. The van der Waals surface area contributed by atoms with Crippen LogP contribution in [0.3, 0.4) is 0 Å². The third kappa shape index (κ3) is 3.81. The van der Waals surface area contributed by atoms with Gasteiger partial charge in [-0.25, -0.2) is 4.98 Å². The molecule has 0 fully saturated rings. The van der Waals surface area contributed by atoms with Crippen molar-refractivity contribution in [3.05, 3.63) is 45.9 Å². The van der Waals surface area contributed by atoms with Crippen LogP contribution >= 0.6 is 11.3 Å². The molecule has 1 aromatic heterocycles. The zero-order valence-electron chi connectivity index (χ0n) is 12.3. The van der Waals surface area contributed by atoms with Crippen LogP contribution in [0.2, 0.25) is 0 Å². The van der Waals surface area contributed by atoms with Crippen LogP contribution in [0.4, 0.5) is 0 Å². The highest BCUT2D eigenvalue weighted by molar-refractivity contribution is 7.09. The minimum Gasteiger partial charge on any atom is -0.496 e. The van der Waals surface area contributed by atoms with E-state index in [0.717, 1.165) is 35.8 Å². The van der Waals surface area contributed by atoms with Crippen LogP contribution in [-0.2, 0) is 6.42 Å². The summed E-state index contributed by atoms with van der Waals surface area (Å²) in [6.45, 7) is 5.37. The number of nitrogens with one attached hydrogen (secondary N) is 1. The number of benzene rings is 1. The van der Waals surface area contributed by atoms with Crippen LogP contribution < -0.4 is 10.1 Å². The van der Waals surface area contributed by atoms with Gasteiger partial charge in [0.1, 0.15) is 5.75 Å². The molecule has 1 aromatic carbocycles. The molecule has 2 aromatic rings. The van der Waals surface area contributed by atoms with Gasteiger partial charge in [-0.2, -0.15) is 0 Å². The van der Waals surface area contributed by atoms with Crippen molar-refractivity contribution in [2.75, 3.05) is 13.7 Å². The van der Waals surface area contributed by atoms with Crippen molar-refractivity contribution in [2.45, 2.75) is 32.7 Å². The second-order valence-corrected chi connectivity index (χ2v) is 5.77. The number of hydrogen-bond donors (Lipinski definition) is 1. The zero-order valence-corrected chi connectivity index (χ0v) is 13.2. The molecule has 0 bridgehead atoms. The van der Waals surface area contributed by atoms with E-state index in [1.165, 1.54) is 5.56 Å². The van der Waals surface area contributed by atoms with Crippen LogP contribution in [0.15, 0.2) is 29.6 Å². The number of hydrogen-bond acceptors (Lipinski definition) is 4. The molecule has 0 aliphatic heterocycles. The SMILES string of the molecule is CCCNC(C)c1csc(Cc2ccccc2OC)n1. The summed E-state index contributed by atoms with van der Waals surface area (Å²) in [5.74, 6) is 0.932. The topological polar surface area (TPSA) is 34.1 Å². The van der Waals surface area contributed by atoms with Gasteiger partial charge in [-0.15, -0.1) is 11.3 Å². The molecule has 1 atom stereocenters. The monoisotopic (exact) mass is 290 g/mol. The molecule has 20 heavy (non-hydrogen) atoms. The first-order valence-electron chi connectivity index (χ1n) is 7.04. The standard InChI is InChI=1S/C16H22N2OS/c1-4-9-17-12(2)14-11-20-16(18-14)10-13-7-5-6-8-15(13)19-3/h5-8,11-12,17H,4,9-10H2,1-3H3. The lowest BCUT2D eigenvalue weighted by molar-refractivity contribution is 0.410. The lowest BCUT2D eigenvalue weighted by atomic mass is 10.1. The van der Waals surface area contributed by atoms with Gasteiger partial charge < -0.3 is 10.1 Å². The third-order valence-corrected chi connectivity index (χ3v) is 4.11. The Morgan fingerprint density at radius 2 is 2.15 bits per heavy atom. The molecular weight excluding hydrogens is 268 g/mol. The predicted octanol–water partition coefficient (Wildman–Crippen LogP) is 3.80. The molecule has 0 aliphatic rings. The van der Waals surface area contributed by atoms with Gasteiger partial charge in [-0.3, -0.25) is 0 Å². The van der Waals surface area contributed by atoms with E-state index in [2.05, 4.69) is 30.6 Å². The van der Waals surface area contributed by atoms with Gasteiger partial charge in [0.05, 0.1) is 17.8 Å². The zero-order chi connectivity index (χ0) is 14.4. The first-order valence-corrected chi connectivity index (χ1v) is 7.92. The maximum absolute atomic E-state index is 5.39. The van der Waals surface area contributed by atoms with E-state index in [1.54, 1.807) is 18.4 Å². The highest BCUT2D eigenvalue weighted by atomic mass is 32.1. The van der Waals surface area contributed by atoms with Crippen LogP contribution in [0.1, 0.15) is 42.6 Å². The summed E-state index contributed by atoms with van der Waals surface area (Å²) in [6.07, 6.45) is 1.97. The Hall–Kier alpha value is -1.39. The number of aromatic nitrogens is 1. The van der Waals surface area contributed by atoms with Crippen molar-refractivity contribution in [3.8, 4) is 5.75 Å². The molecule has 0 aliphatic carbocycles. The summed E-state index contributed by atoms with van der Waals surface area (Å²) >= 11 is 1.72. The van der Waals surface area contributed by atoms with E-state index in [1.807, 2.05) is 18.2 Å². The maximum Gasteiger partial charge on any atom is 0.122 e. The molecular formula is C16H22N2OS. The van der Waals surface area contributed by atoms with E-state index in [4.69, 9.17) is 9.72 Å². The first-order chi connectivity index (χ1) is 9.74. The minimum atomic E-state index is 0.317. The number of thiazole rings is 1. The fourth-order valence-electron chi connectivity index (χ4n) is 2.08. The van der Waals surface area contributed by atoms with E-state index < -0.39 is 0 Å². The van der Waals surface area contributed by atoms with E-state index in [9.17, 15) is 0 Å². The quantitative estimate of drug-likeness (QED) is 0.842. The van der Waals surface area contributed by atoms with Crippen molar-refractivity contribution in [1.29, 1.82) is 0 Å². The van der Waals surface area contributed by atoms with E-state index in [0.29, 0.717) is 6.04 Å². The fraction of sp³-hybridized carbons (Fsp3) is 0.438. The summed E-state index contributed by atoms with van der Waals surface area (Å²) in [5, 5.41) is 6.75. The Balaban J connectivity index is 2.05. The summed E-state index contributed by atoms with van der Waals surface area (Å²) in [7, 11) is 1.71. The smallest absolute Gasteiger partial charge is 0.122 e. The molecule has 0 saturated carbocycles. The Labute approximate surface area is 125 Å². The second kappa shape index (κ2) is 7.41. The average molecular weight is 290 g/mol. The predicted molar refractivity (Wildman–Crippen MR) is 84.6 cm³/mol. The van der Waals surface area contributed by atoms with Crippen LogP contribution in [0.25, 0.3) is 0 Å². The number of nitrogens with zero attached hydrogens (tertiary/aromatic N) is 1. The Bertz CT molecular complexity index is 539. The largest absolute Gasteiger partial charge is 0.496 e. The summed E-state index contributed by atoms with van der Waals surface area (Å²) < 4.78 is 5.39. The molecule has 108 valence electrons. The normalized spacial score (nSPS) is 12.3. The number of methoxy groups -OCH3 is 1. The molecule has 1 unspecified atom stereocenters. The molecule has 2 rings (SSSR count). The first kappa shape index (κ1) is 15.0. The van der Waals surface area contributed by atoms with Gasteiger partial charge >= 0.3 is 0 Å². The van der Waals surface area contributed by atoms with Crippen molar-refractivity contribution >= 4 is 11.3 Å². The lowest BCUT2D eigenvalue weighted by Crippen LogP contribution is -2.19. The summed E-state index contributed by atoms with van der Waals surface area (Å²) in [4.78, 5) is 4.73. The number of rotatable bonds is 7. The van der Waals surface area contributed by atoms with Crippen LogP contribution in [0.5, 0.6) is 5.75 Å². The van der Waals surface area contributed by atoms with Crippen molar-refractivity contribution < 1.29 is 4.74 Å². The average Bonchev–Trinajstić information content (AvgIpc) is 2.94. The molecule has 0 amide bonds. The summed E-state index contributed by atoms with van der Waals surface area (Å²) in [5.41, 5.74) is 2.32. The van der Waals surface area contributed by atoms with Crippen molar-refractivity contribution in [3.63, 3.8) is 0 Å². The minimum absolute atomic E-state index is 0.317. The van der Waals surface area contributed by atoms with Gasteiger partial charge in [0.2, 0.25) is 0 Å². The van der Waals surface area contributed by atoms with Crippen LogP contribution in [0, 0.1) is 0 Å². The van der Waals surface area contributed by atoms with Crippen molar-refractivity contribution in [2.24, 2.45) is 0 Å². The molecule has 1 heterocycles. The molecule has 1 N–H and O–H groups in total. The molecule has 3 nitrogen and oxygen atoms in total. The van der Waals surface area contributed by atoms with Crippen LogP contribution in [-0.4, -0.2) is 18.6 Å². The molecule has 0 radical (unpaired) electrons. The Kier molecular flexibility index (Phi) is 5.56. The third-order valence-electron chi connectivity index (χ3n) is 3.25. The second-order valence-electron chi connectivity index (χ2n) is 4.83. The van der Waals surface area contributed by atoms with Gasteiger partial charge in [0.25, 0.3) is 0 Å². The Morgan fingerprint density at radius 1 is 1.35 bits per heavy atom. The highest BCUT2D eigenvalue weighted by Gasteiger charge is 2.11. The highest BCUT2D eigenvalue weighted by Crippen LogP contribution is 2.24. The summed E-state index contributed by atoms with van der Waals surface area (Å²) in [6, 6.07) is 8.44. The van der Waals surface area contributed by atoms with E-state index >= 15 is 0 Å². The van der Waals surface area contributed by atoms with Gasteiger partial charge in [0, 0.05) is 23.4 Å². The Morgan fingerprint density at radius 3 is 2.90 bits per heavy atom. The number of ether oxygens (including phenoxy) is 1. The molecule has 0 saturated heterocycles. The van der Waals surface area contributed by atoms with Gasteiger partial charge in [-0.05, 0) is 26.0 Å². The lowest BCUT2D eigenvalue weighted by Gasteiger charge is -2.10. The van der Waals surface area contributed by atoms with Gasteiger partial charge in [-0.1, -0.05) is 25.1 Å². The van der Waals surface area contributed by atoms with Gasteiger partial charge in [0.15, 0.2) is 0 Å². The molecule has 4 heteroatoms.